The number of fused-ring (bicyclic) bond motifs is 3. The molecular weight excluding hydrogens is 382 g/mol. The summed E-state index contributed by atoms with van der Waals surface area (Å²) in [6, 6.07) is 11.0. The first-order valence-corrected chi connectivity index (χ1v) is 10.4. The van der Waals surface area contributed by atoms with Crippen molar-refractivity contribution in [3.63, 3.8) is 0 Å². The van der Waals surface area contributed by atoms with Crippen LogP contribution in [0.15, 0.2) is 36.4 Å². The standard InChI is InChI=1S/C23H27N3O4/c1-3-30-20-10-7-15(12-21(20)29-2)14-24-22(27)16-8-9-18-17(13-16)25-23(28)19-6-4-5-11-26(18)19/h7-10,12-13,19H,3-6,11,14H2,1-2H3,(H,24,27)(H,25,28)/t19-/m1/s1. The summed E-state index contributed by atoms with van der Waals surface area (Å²) in [6.45, 7) is 3.70. The van der Waals surface area contributed by atoms with Crippen LogP contribution in [0.5, 0.6) is 11.5 Å². The summed E-state index contributed by atoms with van der Waals surface area (Å²) in [5.41, 5.74) is 3.12. The highest BCUT2D eigenvalue weighted by molar-refractivity contribution is 6.05. The fourth-order valence-electron chi connectivity index (χ4n) is 4.12. The van der Waals surface area contributed by atoms with Crippen LogP contribution in [0.4, 0.5) is 11.4 Å². The molecule has 1 saturated heterocycles. The number of ether oxygens (including phenoxy) is 2. The first-order chi connectivity index (χ1) is 14.6. The first kappa shape index (κ1) is 20.1. The number of anilines is 2. The van der Waals surface area contributed by atoms with Gasteiger partial charge in [0.15, 0.2) is 11.5 Å². The first-order valence-electron chi connectivity index (χ1n) is 10.4. The maximum absolute atomic E-state index is 12.7. The third-order valence-electron chi connectivity index (χ3n) is 5.61. The van der Waals surface area contributed by atoms with Crippen LogP contribution >= 0.6 is 0 Å². The molecule has 2 aromatic carbocycles. The average Bonchev–Trinajstić information content (AvgIpc) is 2.78. The van der Waals surface area contributed by atoms with Crippen molar-refractivity contribution in [2.45, 2.75) is 38.8 Å². The Bertz CT molecular complexity index is 959. The Balaban J connectivity index is 1.46. The normalized spacial score (nSPS) is 17.5. The van der Waals surface area contributed by atoms with Crippen LogP contribution in [0.1, 0.15) is 42.1 Å². The van der Waals surface area contributed by atoms with Gasteiger partial charge in [0.2, 0.25) is 5.91 Å². The predicted molar refractivity (Wildman–Crippen MR) is 115 cm³/mol. The van der Waals surface area contributed by atoms with E-state index in [2.05, 4.69) is 15.5 Å². The Morgan fingerprint density at radius 3 is 2.87 bits per heavy atom. The second-order valence-electron chi connectivity index (χ2n) is 7.53. The van der Waals surface area contributed by atoms with E-state index in [1.807, 2.05) is 37.3 Å². The summed E-state index contributed by atoms with van der Waals surface area (Å²) in [5.74, 6) is 1.13. The number of benzene rings is 2. The van der Waals surface area contributed by atoms with E-state index in [1.54, 1.807) is 13.2 Å². The number of nitrogens with zero attached hydrogens (tertiary/aromatic N) is 1. The molecule has 0 unspecified atom stereocenters. The van der Waals surface area contributed by atoms with Crippen LogP contribution in [0.2, 0.25) is 0 Å². The lowest BCUT2D eigenvalue weighted by atomic mass is 9.97. The van der Waals surface area contributed by atoms with E-state index in [0.717, 1.165) is 37.1 Å². The lowest BCUT2D eigenvalue weighted by molar-refractivity contribution is -0.118. The number of amides is 2. The van der Waals surface area contributed by atoms with Gasteiger partial charge in [-0.05, 0) is 62.1 Å². The molecule has 0 bridgehead atoms. The molecule has 0 saturated carbocycles. The van der Waals surface area contributed by atoms with Gasteiger partial charge >= 0.3 is 0 Å². The fraction of sp³-hybridized carbons (Fsp3) is 0.391. The third-order valence-corrected chi connectivity index (χ3v) is 5.61. The molecular formula is C23H27N3O4. The minimum Gasteiger partial charge on any atom is -0.493 e. The number of hydrogen-bond acceptors (Lipinski definition) is 5. The Kier molecular flexibility index (Phi) is 5.79. The van der Waals surface area contributed by atoms with Crippen molar-refractivity contribution >= 4 is 23.2 Å². The zero-order valence-corrected chi connectivity index (χ0v) is 17.4. The van der Waals surface area contributed by atoms with Crippen LogP contribution in [0, 0.1) is 0 Å². The summed E-state index contributed by atoms with van der Waals surface area (Å²) < 4.78 is 10.9. The monoisotopic (exact) mass is 409 g/mol. The lowest BCUT2D eigenvalue weighted by Crippen LogP contribution is -2.50. The highest BCUT2D eigenvalue weighted by Gasteiger charge is 2.34. The molecule has 0 radical (unpaired) electrons. The van der Waals surface area contributed by atoms with Crippen molar-refractivity contribution in [3.05, 3.63) is 47.5 Å². The zero-order chi connectivity index (χ0) is 21.1. The molecule has 2 amide bonds. The average molecular weight is 409 g/mol. The number of rotatable bonds is 6. The molecule has 0 aromatic heterocycles. The SMILES string of the molecule is CCOc1ccc(CNC(=O)c2ccc3c(c2)NC(=O)[C@H]2CCCCN32)cc1OC. The number of nitrogens with one attached hydrogen (secondary N) is 2. The van der Waals surface area contributed by atoms with E-state index < -0.39 is 0 Å². The Morgan fingerprint density at radius 1 is 1.20 bits per heavy atom. The van der Waals surface area contributed by atoms with Gasteiger partial charge in [0.05, 0.1) is 25.1 Å². The molecule has 1 fully saturated rings. The Hall–Kier alpha value is -3.22. The molecule has 2 heterocycles. The highest BCUT2D eigenvalue weighted by atomic mass is 16.5. The van der Waals surface area contributed by atoms with Gasteiger partial charge in [-0.25, -0.2) is 0 Å². The van der Waals surface area contributed by atoms with E-state index >= 15 is 0 Å². The van der Waals surface area contributed by atoms with Gasteiger partial charge in [0, 0.05) is 18.7 Å². The lowest BCUT2D eigenvalue weighted by Gasteiger charge is -2.41. The molecule has 4 rings (SSSR count). The van der Waals surface area contributed by atoms with Crippen molar-refractivity contribution in [1.29, 1.82) is 0 Å². The van der Waals surface area contributed by atoms with Crippen LogP contribution in [0.3, 0.4) is 0 Å². The van der Waals surface area contributed by atoms with E-state index in [-0.39, 0.29) is 17.9 Å². The third kappa shape index (κ3) is 3.92. The van der Waals surface area contributed by atoms with Crippen molar-refractivity contribution in [1.82, 2.24) is 5.32 Å². The molecule has 0 aliphatic carbocycles. The summed E-state index contributed by atoms with van der Waals surface area (Å²) >= 11 is 0. The van der Waals surface area contributed by atoms with Gasteiger partial charge in [-0.2, -0.15) is 0 Å². The number of carbonyl (C=O) groups excluding carboxylic acids is 2. The minimum absolute atomic E-state index is 0.0150. The molecule has 158 valence electrons. The van der Waals surface area contributed by atoms with Crippen LogP contribution in [-0.2, 0) is 11.3 Å². The predicted octanol–water partition coefficient (Wildman–Crippen LogP) is 3.33. The van der Waals surface area contributed by atoms with Gasteiger partial charge in [0.25, 0.3) is 5.91 Å². The molecule has 2 aliphatic rings. The van der Waals surface area contributed by atoms with E-state index in [9.17, 15) is 9.59 Å². The van der Waals surface area contributed by atoms with Gasteiger partial charge in [-0.1, -0.05) is 6.07 Å². The summed E-state index contributed by atoms with van der Waals surface area (Å²) in [4.78, 5) is 27.3. The molecule has 2 aromatic rings. The van der Waals surface area contributed by atoms with E-state index in [1.165, 1.54) is 0 Å². The zero-order valence-electron chi connectivity index (χ0n) is 17.4. The topological polar surface area (TPSA) is 79.9 Å². The molecule has 2 N–H and O–H groups in total. The molecule has 7 heteroatoms. The smallest absolute Gasteiger partial charge is 0.251 e. The molecule has 1 atom stereocenters. The largest absolute Gasteiger partial charge is 0.493 e. The van der Waals surface area contributed by atoms with Crippen molar-refractivity contribution in [2.75, 3.05) is 30.5 Å². The van der Waals surface area contributed by atoms with Gasteiger partial charge in [-0.3, -0.25) is 9.59 Å². The van der Waals surface area contributed by atoms with Gasteiger partial charge in [0.1, 0.15) is 6.04 Å². The molecule has 0 spiro atoms. The molecule has 30 heavy (non-hydrogen) atoms. The number of hydrogen-bond donors (Lipinski definition) is 2. The second kappa shape index (κ2) is 8.65. The molecule has 2 aliphatic heterocycles. The van der Waals surface area contributed by atoms with Crippen molar-refractivity contribution in [2.24, 2.45) is 0 Å². The fourth-order valence-corrected chi connectivity index (χ4v) is 4.12. The summed E-state index contributed by atoms with van der Waals surface area (Å²) in [7, 11) is 1.59. The van der Waals surface area contributed by atoms with Crippen molar-refractivity contribution < 1.29 is 19.1 Å². The van der Waals surface area contributed by atoms with Crippen LogP contribution < -0.4 is 25.0 Å². The highest BCUT2D eigenvalue weighted by Crippen LogP contribution is 2.36. The molecule has 7 nitrogen and oxygen atoms in total. The Labute approximate surface area is 176 Å². The summed E-state index contributed by atoms with van der Waals surface area (Å²) in [6.07, 6.45) is 3.02. The maximum atomic E-state index is 12.7. The number of piperidine rings is 1. The minimum atomic E-state index is -0.194. The second-order valence-corrected chi connectivity index (χ2v) is 7.53. The number of carbonyl (C=O) groups is 2. The Morgan fingerprint density at radius 2 is 2.07 bits per heavy atom. The van der Waals surface area contributed by atoms with Crippen LogP contribution in [0.25, 0.3) is 0 Å². The maximum Gasteiger partial charge on any atom is 0.251 e. The van der Waals surface area contributed by atoms with Crippen molar-refractivity contribution in [3.8, 4) is 11.5 Å². The van der Waals surface area contributed by atoms with Crippen LogP contribution in [-0.4, -0.2) is 38.1 Å². The van der Waals surface area contributed by atoms with E-state index in [0.29, 0.717) is 35.9 Å². The van der Waals surface area contributed by atoms with Gasteiger partial charge < -0.3 is 25.0 Å². The summed E-state index contributed by atoms with van der Waals surface area (Å²) in [5, 5.41) is 5.90. The number of methoxy groups -OCH3 is 1. The van der Waals surface area contributed by atoms with Gasteiger partial charge in [-0.15, -0.1) is 0 Å². The van der Waals surface area contributed by atoms with E-state index in [4.69, 9.17) is 9.47 Å². The quantitative estimate of drug-likeness (QED) is 0.765.